The SMILES string of the molecule is CCC(CSC)NC1=NCC(C)(C)CS1. The summed E-state index contributed by atoms with van der Waals surface area (Å²) in [6.07, 6.45) is 3.33. The highest BCUT2D eigenvalue weighted by atomic mass is 32.2. The van der Waals surface area contributed by atoms with Crippen LogP contribution in [0.5, 0.6) is 0 Å². The molecule has 0 amide bonds. The van der Waals surface area contributed by atoms with E-state index in [1.165, 1.54) is 17.9 Å². The minimum atomic E-state index is 0.372. The van der Waals surface area contributed by atoms with Crippen LogP contribution in [0.3, 0.4) is 0 Å². The maximum atomic E-state index is 4.61. The molecule has 2 nitrogen and oxygen atoms in total. The van der Waals surface area contributed by atoms with Crippen LogP contribution in [0.4, 0.5) is 0 Å². The summed E-state index contributed by atoms with van der Waals surface area (Å²) >= 11 is 3.77. The van der Waals surface area contributed by atoms with E-state index in [-0.39, 0.29) is 0 Å². The van der Waals surface area contributed by atoms with Crippen LogP contribution in [0.15, 0.2) is 4.99 Å². The van der Waals surface area contributed by atoms with Gasteiger partial charge < -0.3 is 5.32 Å². The highest BCUT2D eigenvalue weighted by molar-refractivity contribution is 8.13. The number of thioether (sulfide) groups is 2. The van der Waals surface area contributed by atoms with Crippen molar-refractivity contribution >= 4 is 28.7 Å². The molecule has 1 N–H and O–H groups in total. The van der Waals surface area contributed by atoms with E-state index in [4.69, 9.17) is 0 Å². The molecule has 88 valence electrons. The van der Waals surface area contributed by atoms with Crippen LogP contribution < -0.4 is 5.32 Å². The molecular formula is C11H22N2S2. The van der Waals surface area contributed by atoms with Crippen molar-refractivity contribution in [2.75, 3.05) is 24.3 Å². The molecule has 0 radical (unpaired) electrons. The van der Waals surface area contributed by atoms with Crippen LogP contribution >= 0.6 is 23.5 Å². The van der Waals surface area contributed by atoms with Crippen molar-refractivity contribution in [2.45, 2.75) is 33.2 Å². The lowest BCUT2D eigenvalue weighted by molar-refractivity contribution is 0.436. The molecule has 4 heteroatoms. The summed E-state index contributed by atoms with van der Waals surface area (Å²) in [6, 6.07) is 0.576. The van der Waals surface area contributed by atoms with Gasteiger partial charge in [0.05, 0.1) is 0 Å². The molecule has 1 heterocycles. The minimum Gasteiger partial charge on any atom is -0.361 e. The average Bonchev–Trinajstić information content (AvgIpc) is 2.20. The Morgan fingerprint density at radius 3 is 2.80 bits per heavy atom. The fourth-order valence-electron chi connectivity index (χ4n) is 1.37. The molecule has 1 unspecified atom stereocenters. The molecule has 0 aliphatic carbocycles. The lowest BCUT2D eigenvalue weighted by Crippen LogP contribution is -2.38. The van der Waals surface area contributed by atoms with Crippen LogP contribution in [-0.4, -0.2) is 35.5 Å². The predicted molar refractivity (Wildman–Crippen MR) is 74.1 cm³/mol. The van der Waals surface area contributed by atoms with Gasteiger partial charge in [-0.1, -0.05) is 32.5 Å². The van der Waals surface area contributed by atoms with Crippen LogP contribution in [0.25, 0.3) is 0 Å². The van der Waals surface area contributed by atoms with Gasteiger partial charge in [0.15, 0.2) is 5.17 Å². The van der Waals surface area contributed by atoms with Gasteiger partial charge >= 0.3 is 0 Å². The Bertz CT molecular complexity index is 227. The second-order valence-electron chi connectivity index (χ2n) is 4.78. The molecule has 0 saturated heterocycles. The normalized spacial score (nSPS) is 22.0. The van der Waals surface area contributed by atoms with Crippen molar-refractivity contribution in [2.24, 2.45) is 10.4 Å². The number of hydrogen-bond acceptors (Lipinski definition) is 4. The Hall–Kier alpha value is 0.170. The molecular weight excluding hydrogens is 224 g/mol. The molecule has 1 rings (SSSR count). The summed E-state index contributed by atoms with van der Waals surface area (Å²) in [6.45, 7) is 7.74. The third-order valence-electron chi connectivity index (χ3n) is 2.44. The summed E-state index contributed by atoms with van der Waals surface area (Å²) in [4.78, 5) is 4.61. The van der Waals surface area contributed by atoms with Gasteiger partial charge in [0.1, 0.15) is 0 Å². The summed E-state index contributed by atoms with van der Waals surface area (Å²) in [5.41, 5.74) is 0.372. The van der Waals surface area contributed by atoms with Gasteiger partial charge in [0.25, 0.3) is 0 Å². The van der Waals surface area contributed by atoms with Crippen LogP contribution in [0.1, 0.15) is 27.2 Å². The zero-order chi connectivity index (χ0) is 11.3. The molecule has 1 aliphatic rings. The van der Waals surface area contributed by atoms with Crippen molar-refractivity contribution in [1.82, 2.24) is 5.32 Å². The van der Waals surface area contributed by atoms with E-state index in [0.29, 0.717) is 11.5 Å². The van der Waals surface area contributed by atoms with Gasteiger partial charge in [-0.25, -0.2) is 0 Å². The molecule has 0 aromatic rings. The third kappa shape index (κ3) is 4.68. The van der Waals surface area contributed by atoms with E-state index < -0.39 is 0 Å². The fourth-order valence-corrected chi connectivity index (χ4v) is 3.11. The Kier molecular flexibility index (Phi) is 5.33. The summed E-state index contributed by atoms with van der Waals surface area (Å²) in [5.74, 6) is 2.34. The summed E-state index contributed by atoms with van der Waals surface area (Å²) in [7, 11) is 0. The molecule has 15 heavy (non-hydrogen) atoms. The Morgan fingerprint density at radius 1 is 1.60 bits per heavy atom. The molecule has 1 aliphatic heterocycles. The summed E-state index contributed by atoms with van der Waals surface area (Å²) in [5, 5.41) is 4.68. The van der Waals surface area contributed by atoms with E-state index in [2.05, 4.69) is 37.3 Å². The predicted octanol–water partition coefficient (Wildman–Crippen LogP) is 2.85. The number of nitrogens with one attached hydrogen (secondary N) is 1. The first-order valence-electron chi connectivity index (χ1n) is 5.50. The van der Waals surface area contributed by atoms with Crippen LogP contribution in [-0.2, 0) is 0 Å². The lowest BCUT2D eigenvalue weighted by atomic mass is 9.97. The molecule has 0 saturated carbocycles. The molecule has 0 aromatic carbocycles. The van der Waals surface area contributed by atoms with E-state index in [1.54, 1.807) is 0 Å². The summed E-state index contributed by atoms with van der Waals surface area (Å²) < 4.78 is 0. The van der Waals surface area contributed by atoms with Gasteiger partial charge in [0, 0.05) is 24.1 Å². The molecule has 0 fully saturated rings. The standard InChI is InChI=1S/C11H22N2S2/c1-5-9(6-14-4)13-10-12-7-11(2,3)8-15-10/h9H,5-8H2,1-4H3,(H,12,13). The van der Waals surface area contributed by atoms with Crippen molar-refractivity contribution in [3.8, 4) is 0 Å². The lowest BCUT2D eigenvalue weighted by Gasteiger charge is -2.29. The Morgan fingerprint density at radius 2 is 2.33 bits per heavy atom. The van der Waals surface area contributed by atoms with Gasteiger partial charge in [-0.2, -0.15) is 11.8 Å². The van der Waals surface area contributed by atoms with E-state index in [1.807, 2.05) is 23.5 Å². The van der Waals surface area contributed by atoms with Gasteiger partial charge in [0.2, 0.25) is 0 Å². The van der Waals surface area contributed by atoms with E-state index in [0.717, 1.165) is 11.7 Å². The zero-order valence-corrected chi connectivity index (χ0v) is 11.8. The third-order valence-corrected chi connectivity index (χ3v) is 4.62. The van der Waals surface area contributed by atoms with E-state index >= 15 is 0 Å². The first kappa shape index (κ1) is 13.2. The van der Waals surface area contributed by atoms with Crippen LogP contribution in [0.2, 0.25) is 0 Å². The minimum absolute atomic E-state index is 0.372. The Balaban J connectivity index is 2.42. The van der Waals surface area contributed by atoms with Gasteiger partial charge in [-0.15, -0.1) is 0 Å². The highest BCUT2D eigenvalue weighted by Crippen LogP contribution is 2.27. The van der Waals surface area contributed by atoms with Gasteiger partial charge in [-0.3, -0.25) is 4.99 Å². The first-order valence-corrected chi connectivity index (χ1v) is 7.88. The molecule has 0 aromatic heterocycles. The monoisotopic (exact) mass is 246 g/mol. The number of rotatable bonds is 4. The Labute approximate surface area is 102 Å². The average molecular weight is 246 g/mol. The first-order chi connectivity index (χ1) is 7.07. The second-order valence-corrected chi connectivity index (χ2v) is 6.65. The number of aliphatic imine (C=N–C) groups is 1. The zero-order valence-electron chi connectivity index (χ0n) is 10.2. The largest absolute Gasteiger partial charge is 0.361 e. The van der Waals surface area contributed by atoms with E-state index in [9.17, 15) is 0 Å². The smallest absolute Gasteiger partial charge is 0.156 e. The molecule has 0 bridgehead atoms. The highest BCUT2D eigenvalue weighted by Gasteiger charge is 2.24. The van der Waals surface area contributed by atoms with Gasteiger partial charge in [-0.05, 0) is 18.1 Å². The van der Waals surface area contributed by atoms with Crippen molar-refractivity contribution in [1.29, 1.82) is 0 Å². The van der Waals surface area contributed by atoms with Crippen molar-refractivity contribution in [3.63, 3.8) is 0 Å². The quantitative estimate of drug-likeness (QED) is 0.825. The topological polar surface area (TPSA) is 24.4 Å². The van der Waals surface area contributed by atoms with Crippen molar-refractivity contribution < 1.29 is 0 Å². The van der Waals surface area contributed by atoms with Crippen molar-refractivity contribution in [3.05, 3.63) is 0 Å². The number of hydrogen-bond donors (Lipinski definition) is 1. The van der Waals surface area contributed by atoms with Crippen LogP contribution in [0, 0.1) is 5.41 Å². The second kappa shape index (κ2) is 6.04. The maximum absolute atomic E-state index is 4.61. The number of amidine groups is 1. The molecule has 1 atom stereocenters. The molecule has 0 spiro atoms. The maximum Gasteiger partial charge on any atom is 0.156 e. The fraction of sp³-hybridized carbons (Fsp3) is 0.909. The number of nitrogens with zero attached hydrogens (tertiary/aromatic N) is 1.